The Hall–Kier alpha value is -2.58. The van der Waals surface area contributed by atoms with Gasteiger partial charge in [-0.1, -0.05) is 35.0 Å². The van der Waals surface area contributed by atoms with E-state index in [-0.39, 0.29) is 5.56 Å². The summed E-state index contributed by atoms with van der Waals surface area (Å²) >= 11 is 7.75. The average Bonchev–Trinajstić information content (AvgIpc) is 3.27. The fourth-order valence-corrected chi connectivity index (χ4v) is 3.84. The number of aryl methyl sites for hydroxylation is 2. The van der Waals surface area contributed by atoms with E-state index < -0.39 is 0 Å². The third-order valence-corrected chi connectivity index (χ3v) is 5.13. The van der Waals surface area contributed by atoms with E-state index in [0.717, 1.165) is 17.5 Å². The number of fused-ring (bicyclic) bond motifs is 1. The molecule has 4 aromatic rings. The predicted octanol–water partition coefficient (Wildman–Crippen LogP) is 2.92. The summed E-state index contributed by atoms with van der Waals surface area (Å²) in [6.07, 6.45) is 2.95. The number of hydrogen-bond donors (Lipinski definition) is 1. The van der Waals surface area contributed by atoms with Crippen LogP contribution in [-0.4, -0.2) is 30.2 Å². The van der Waals surface area contributed by atoms with Gasteiger partial charge in [0, 0.05) is 34.5 Å². The Kier molecular flexibility index (Phi) is 4.29. The summed E-state index contributed by atoms with van der Waals surface area (Å²) in [5.74, 6) is 0.634. The van der Waals surface area contributed by atoms with E-state index in [9.17, 15) is 4.79 Å². The van der Waals surface area contributed by atoms with Crippen molar-refractivity contribution in [2.75, 3.05) is 0 Å². The van der Waals surface area contributed by atoms with Gasteiger partial charge in [-0.05, 0) is 12.5 Å². The first-order valence-electron chi connectivity index (χ1n) is 7.68. The van der Waals surface area contributed by atoms with Gasteiger partial charge in [0.25, 0.3) is 5.56 Å². The second-order valence-corrected chi connectivity index (χ2v) is 6.75. The van der Waals surface area contributed by atoms with Crippen LogP contribution in [0, 0.1) is 0 Å². The van der Waals surface area contributed by atoms with E-state index in [2.05, 4.69) is 25.6 Å². The molecule has 0 bridgehead atoms. The Morgan fingerprint density at radius 1 is 1.24 bits per heavy atom. The lowest BCUT2D eigenvalue weighted by molar-refractivity contribution is 0.607. The molecule has 9 heteroatoms. The van der Waals surface area contributed by atoms with E-state index in [1.165, 1.54) is 11.3 Å². The van der Waals surface area contributed by atoms with Crippen molar-refractivity contribution in [3.05, 3.63) is 57.2 Å². The molecule has 3 heterocycles. The van der Waals surface area contributed by atoms with E-state index in [0.29, 0.717) is 34.0 Å². The third-order valence-electron chi connectivity index (χ3n) is 3.91. The van der Waals surface area contributed by atoms with Crippen molar-refractivity contribution in [1.82, 2.24) is 30.2 Å². The minimum atomic E-state index is -0.0609. The zero-order chi connectivity index (χ0) is 17.2. The van der Waals surface area contributed by atoms with Crippen molar-refractivity contribution >= 4 is 33.2 Å². The summed E-state index contributed by atoms with van der Waals surface area (Å²) in [5, 5.41) is 16.9. The number of hydrogen-bond acceptors (Lipinski definition) is 6. The molecule has 0 spiro atoms. The molecule has 0 atom stereocenters. The maximum Gasteiger partial charge on any atom is 0.262 e. The second kappa shape index (κ2) is 6.73. The number of thiophene rings is 1. The van der Waals surface area contributed by atoms with E-state index >= 15 is 0 Å². The van der Waals surface area contributed by atoms with Gasteiger partial charge in [0.1, 0.15) is 4.83 Å². The number of tetrazole rings is 1. The average molecular weight is 373 g/mol. The summed E-state index contributed by atoms with van der Waals surface area (Å²) in [7, 11) is 0. The molecule has 4 rings (SSSR count). The van der Waals surface area contributed by atoms with Gasteiger partial charge in [-0.25, -0.2) is 4.98 Å². The summed E-state index contributed by atoms with van der Waals surface area (Å²) in [6, 6.07) is 7.51. The van der Waals surface area contributed by atoms with Crippen LogP contribution >= 0.6 is 22.9 Å². The van der Waals surface area contributed by atoms with Crippen LogP contribution in [0.2, 0.25) is 5.02 Å². The van der Waals surface area contributed by atoms with Gasteiger partial charge in [-0.3, -0.25) is 9.36 Å². The van der Waals surface area contributed by atoms with E-state index in [4.69, 9.17) is 11.6 Å². The molecule has 126 valence electrons. The third kappa shape index (κ3) is 3.06. The minimum absolute atomic E-state index is 0.0609. The van der Waals surface area contributed by atoms with Gasteiger partial charge in [0.05, 0.1) is 11.7 Å². The molecule has 0 amide bonds. The molecule has 0 saturated carbocycles. The summed E-state index contributed by atoms with van der Waals surface area (Å²) in [5.41, 5.74) is 1.61. The molecule has 25 heavy (non-hydrogen) atoms. The number of nitrogens with one attached hydrogen (secondary N) is 1. The Morgan fingerprint density at radius 3 is 2.92 bits per heavy atom. The maximum atomic E-state index is 12.9. The van der Waals surface area contributed by atoms with E-state index in [1.807, 2.05) is 29.6 Å². The zero-order valence-electron chi connectivity index (χ0n) is 13.0. The van der Waals surface area contributed by atoms with Crippen molar-refractivity contribution in [3.63, 3.8) is 0 Å². The maximum absolute atomic E-state index is 12.9. The van der Waals surface area contributed by atoms with E-state index in [1.54, 1.807) is 10.9 Å². The van der Waals surface area contributed by atoms with Crippen LogP contribution in [0.25, 0.3) is 21.3 Å². The molecule has 3 aromatic heterocycles. The highest BCUT2D eigenvalue weighted by Gasteiger charge is 2.15. The highest BCUT2D eigenvalue weighted by Crippen LogP contribution is 2.34. The van der Waals surface area contributed by atoms with Gasteiger partial charge in [0.15, 0.2) is 5.82 Å². The molecule has 0 saturated heterocycles. The molecular formula is C16H13ClN6OS. The SMILES string of the molecule is O=c1c2c(-c3ccccc3Cl)csc2ncn1CCCc1nn[nH]n1. The van der Waals surface area contributed by atoms with Crippen molar-refractivity contribution in [2.24, 2.45) is 0 Å². The largest absolute Gasteiger partial charge is 0.299 e. The van der Waals surface area contributed by atoms with Crippen LogP contribution in [0.5, 0.6) is 0 Å². The van der Waals surface area contributed by atoms with Crippen LogP contribution in [0.15, 0.2) is 40.8 Å². The van der Waals surface area contributed by atoms with Gasteiger partial charge < -0.3 is 0 Å². The Morgan fingerprint density at radius 2 is 2.12 bits per heavy atom. The Labute approximate surface area is 151 Å². The van der Waals surface area contributed by atoms with Crippen molar-refractivity contribution < 1.29 is 0 Å². The van der Waals surface area contributed by atoms with Gasteiger partial charge in [-0.15, -0.1) is 21.5 Å². The van der Waals surface area contributed by atoms with Crippen molar-refractivity contribution in [1.29, 1.82) is 0 Å². The van der Waals surface area contributed by atoms with Gasteiger partial charge >= 0.3 is 0 Å². The molecule has 7 nitrogen and oxygen atoms in total. The molecule has 0 unspecified atom stereocenters. The molecule has 0 fully saturated rings. The molecule has 0 radical (unpaired) electrons. The standard InChI is InChI=1S/C16H13ClN6OS/c17-12-5-2-1-4-10(12)11-8-25-15-14(11)16(24)23(9-18-15)7-3-6-13-19-21-22-20-13/h1-2,4-5,8-9H,3,6-7H2,(H,19,20,21,22). The quantitative estimate of drug-likeness (QED) is 0.581. The number of nitrogens with zero attached hydrogens (tertiary/aromatic N) is 5. The molecule has 1 N–H and O–H groups in total. The Bertz CT molecular complexity index is 1070. The number of aromatic nitrogens is 6. The predicted molar refractivity (Wildman–Crippen MR) is 96.8 cm³/mol. The molecule has 0 aliphatic carbocycles. The summed E-state index contributed by atoms with van der Waals surface area (Å²) in [4.78, 5) is 18.1. The highest BCUT2D eigenvalue weighted by atomic mass is 35.5. The monoisotopic (exact) mass is 372 g/mol. The van der Waals surface area contributed by atoms with Crippen molar-refractivity contribution in [3.8, 4) is 11.1 Å². The lowest BCUT2D eigenvalue weighted by Gasteiger charge is -2.06. The normalized spacial score (nSPS) is 11.2. The number of aromatic amines is 1. The first-order chi connectivity index (χ1) is 12.2. The minimum Gasteiger partial charge on any atom is -0.299 e. The number of H-pyrrole nitrogens is 1. The van der Waals surface area contributed by atoms with Gasteiger partial charge in [0.2, 0.25) is 0 Å². The number of halogens is 1. The summed E-state index contributed by atoms with van der Waals surface area (Å²) in [6.45, 7) is 0.536. The second-order valence-electron chi connectivity index (χ2n) is 5.48. The lowest BCUT2D eigenvalue weighted by Crippen LogP contribution is -2.20. The van der Waals surface area contributed by atoms with Crippen LogP contribution in [0.3, 0.4) is 0 Å². The van der Waals surface area contributed by atoms with Gasteiger partial charge in [-0.2, -0.15) is 5.21 Å². The topological polar surface area (TPSA) is 89.4 Å². The van der Waals surface area contributed by atoms with Crippen LogP contribution < -0.4 is 5.56 Å². The molecule has 0 aliphatic heterocycles. The lowest BCUT2D eigenvalue weighted by atomic mass is 10.1. The van der Waals surface area contributed by atoms with Crippen LogP contribution in [-0.2, 0) is 13.0 Å². The summed E-state index contributed by atoms with van der Waals surface area (Å²) < 4.78 is 1.62. The fraction of sp³-hybridized carbons (Fsp3) is 0.188. The highest BCUT2D eigenvalue weighted by molar-refractivity contribution is 7.17. The fourth-order valence-electron chi connectivity index (χ4n) is 2.70. The van der Waals surface area contributed by atoms with Crippen LogP contribution in [0.1, 0.15) is 12.2 Å². The first kappa shape index (κ1) is 15.9. The van der Waals surface area contributed by atoms with Crippen LogP contribution in [0.4, 0.5) is 0 Å². The molecule has 0 aliphatic rings. The number of rotatable bonds is 5. The zero-order valence-corrected chi connectivity index (χ0v) is 14.6. The first-order valence-corrected chi connectivity index (χ1v) is 8.93. The molecular weight excluding hydrogens is 360 g/mol. The molecule has 1 aromatic carbocycles. The number of benzene rings is 1. The van der Waals surface area contributed by atoms with Crippen molar-refractivity contribution in [2.45, 2.75) is 19.4 Å². The Balaban J connectivity index is 1.68. The smallest absolute Gasteiger partial charge is 0.262 e.